The minimum atomic E-state index is -0.889. The molecule has 2 unspecified atom stereocenters. The van der Waals surface area contributed by atoms with E-state index < -0.39 is 5.97 Å². The molecule has 2 heterocycles. The molecular formula is C16H20N2O3. The third kappa shape index (κ3) is 2.53. The van der Waals surface area contributed by atoms with Crippen molar-refractivity contribution in [2.75, 3.05) is 13.1 Å². The molecule has 1 aromatic rings. The third-order valence-corrected chi connectivity index (χ3v) is 4.65. The summed E-state index contributed by atoms with van der Waals surface area (Å²) in [6.45, 7) is 4.08. The molecule has 1 aromatic carbocycles. The van der Waals surface area contributed by atoms with E-state index in [4.69, 9.17) is 0 Å². The Balaban J connectivity index is 1.80. The fourth-order valence-corrected chi connectivity index (χ4v) is 3.43. The summed E-state index contributed by atoms with van der Waals surface area (Å²) in [6, 6.07) is 5.55. The molecule has 2 aliphatic rings. The van der Waals surface area contributed by atoms with E-state index in [2.05, 4.69) is 12.2 Å². The molecule has 0 aliphatic carbocycles. The normalized spacial score (nSPS) is 24.7. The predicted molar refractivity (Wildman–Crippen MR) is 78.1 cm³/mol. The minimum Gasteiger partial charge on any atom is -0.478 e. The van der Waals surface area contributed by atoms with Crippen LogP contribution in [0.3, 0.4) is 0 Å². The van der Waals surface area contributed by atoms with Crippen LogP contribution < -0.4 is 5.32 Å². The van der Waals surface area contributed by atoms with E-state index in [1.54, 1.807) is 12.1 Å². The first-order valence-electron chi connectivity index (χ1n) is 7.44. The van der Waals surface area contributed by atoms with E-state index in [-0.39, 0.29) is 17.9 Å². The molecule has 1 saturated heterocycles. The van der Waals surface area contributed by atoms with Gasteiger partial charge in [-0.05, 0) is 43.5 Å². The van der Waals surface area contributed by atoms with Crippen molar-refractivity contribution in [3.63, 3.8) is 0 Å². The molecule has 0 radical (unpaired) electrons. The highest BCUT2D eigenvalue weighted by Crippen LogP contribution is 2.26. The summed E-state index contributed by atoms with van der Waals surface area (Å²) >= 11 is 0. The summed E-state index contributed by atoms with van der Waals surface area (Å²) in [5, 5.41) is 12.5. The molecule has 21 heavy (non-hydrogen) atoms. The fraction of sp³-hybridized carbons (Fsp3) is 0.500. The summed E-state index contributed by atoms with van der Waals surface area (Å²) in [5.74, 6) is -0.645. The van der Waals surface area contributed by atoms with Gasteiger partial charge >= 0.3 is 5.97 Å². The Labute approximate surface area is 123 Å². The van der Waals surface area contributed by atoms with Crippen LogP contribution in [0.5, 0.6) is 0 Å². The monoisotopic (exact) mass is 288 g/mol. The number of hydrogen-bond donors (Lipinski definition) is 2. The first-order chi connectivity index (χ1) is 10.1. The van der Waals surface area contributed by atoms with Gasteiger partial charge in [-0.25, -0.2) is 4.79 Å². The van der Waals surface area contributed by atoms with Gasteiger partial charge in [-0.15, -0.1) is 0 Å². The van der Waals surface area contributed by atoms with Gasteiger partial charge in [0.25, 0.3) is 0 Å². The zero-order valence-electron chi connectivity index (χ0n) is 12.1. The second-order valence-corrected chi connectivity index (χ2v) is 5.90. The summed E-state index contributed by atoms with van der Waals surface area (Å²) in [5.41, 5.74) is 2.22. The predicted octanol–water partition coefficient (Wildman–Crippen LogP) is 1.27. The topological polar surface area (TPSA) is 69.6 Å². The Morgan fingerprint density at radius 2 is 2.19 bits per heavy atom. The van der Waals surface area contributed by atoms with Crippen LogP contribution in [-0.4, -0.2) is 41.0 Å². The van der Waals surface area contributed by atoms with Crippen LogP contribution in [0.2, 0.25) is 0 Å². The van der Waals surface area contributed by atoms with Gasteiger partial charge < -0.3 is 15.3 Å². The van der Waals surface area contributed by atoms with Crippen molar-refractivity contribution in [2.24, 2.45) is 5.92 Å². The summed E-state index contributed by atoms with van der Waals surface area (Å²) in [6.07, 6.45) is 1.51. The summed E-state index contributed by atoms with van der Waals surface area (Å²) in [7, 11) is 0. The number of benzene rings is 1. The van der Waals surface area contributed by atoms with Crippen molar-refractivity contribution in [3.8, 4) is 0 Å². The maximum atomic E-state index is 12.6. The molecule has 5 nitrogen and oxygen atoms in total. The van der Waals surface area contributed by atoms with Gasteiger partial charge in [-0.2, -0.15) is 0 Å². The fourth-order valence-electron chi connectivity index (χ4n) is 3.43. The first kappa shape index (κ1) is 14.1. The van der Waals surface area contributed by atoms with Crippen molar-refractivity contribution in [1.82, 2.24) is 10.2 Å². The second-order valence-electron chi connectivity index (χ2n) is 5.90. The Morgan fingerprint density at radius 3 is 2.86 bits per heavy atom. The lowest BCUT2D eigenvalue weighted by Gasteiger charge is -2.32. The second kappa shape index (κ2) is 5.48. The highest BCUT2D eigenvalue weighted by Gasteiger charge is 2.34. The molecule has 0 saturated carbocycles. The number of carboxylic acids is 1. The SMILES string of the molecule is CC1NCCC1C(=O)N1CCc2c(cccc2C(=O)O)C1. The van der Waals surface area contributed by atoms with Crippen LogP contribution in [-0.2, 0) is 17.8 Å². The highest BCUT2D eigenvalue weighted by molar-refractivity contribution is 5.90. The standard InChI is InChI=1S/C16H20N2O3/c1-10-12(5-7-17-10)15(19)18-8-6-13-11(9-18)3-2-4-14(13)16(20)21/h2-4,10,12,17H,5-9H2,1H3,(H,20,21). The van der Waals surface area contributed by atoms with Crippen LogP contribution in [0.25, 0.3) is 0 Å². The number of carbonyl (C=O) groups excluding carboxylic acids is 1. The minimum absolute atomic E-state index is 0.0502. The number of carbonyl (C=O) groups is 2. The molecule has 2 atom stereocenters. The Morgan fingerprint density at radius 1 is 1.38 bits per heavy atom. The van der Waals surface area contributed by atoms with Crippen LogP contribution in [0.15, 0.2) is 18.2 Å². The molecule has 2 aliphatic heterocycles. The molecule has 0 spiro atoms. The number of aromatic carboxylic acids is 1. The van der Waals surface area contributed by atoms with E-state index in [1.807, 2.05) is 11.0 Å². The number of amides is 1. The maximum absolute atomic E-state index is 12.6. The molecule has 112 valence electrons. The van der Waals surface area contributed by atoms with E-state index in [9.17, 15) is 14.7 Å². The molecule has 0 bridgehead atoms. The van der Waals surface area contributed by atoms with Crippen molar-refractivity contribution < 1.29 is 14.7 Å². The van der Waals surface area contributed by atoms with E-state index >= 15 is 0 Å². The van der Waals surface area contributed by atoms with Crippen molar-refractivity contribution in [2.45, 2.75) is 32.4 Å². The lowest BCUT2D eigenvalue weighted by Crippen LogP contribution is -2.43. The average Bonchev–Trinajstić information content (AvgIpc) is 2.91. The van der Waals surface area contributed by atoms with Gasteiger partial charge in [-0.3, -0.25) is 4.79 Å². The average molecular weight is 288 g/mol. The van der Waals surface area contributed by atoms with Crippen molar-refractivity contribution in [1.29, 1.82) is 0 Å². The van der Waals surface area contributed by atoms with Crippen LogP contribution >= 0.6 is 0 Å². The first-order valence-corrected chi connectivity index (χ1v) is 7.44. The lowest BCUT2D eigenvalue weighted by molar-refractivity contribution is -0.136. The molecule has 3 rings (SSSR count). The van der Waals surface area contributed by atoms with E-state index in [1.165, 1.54) is 0 Å². The van der Waals surface area contributed by atoms with Gasteiger partial charge in [0.15, 0.2) is 0 Å². The van der Waals surface area contributed by atoms with Crippen LogP contribution in [0.1, 0.15) is 34.8 Å². The molecular weight excluding hydrogens is 268 g/mol. The largest absolute Gasteiger partial charge is 0.478 e. The molecule has 2 N–H and O–H groups in total. The third-order valence-electron chi connectivity index (χ3n) is 4.65. The Kier molecular flexibility index (Phi) is 3.68. The quantitative estimate of drug-likeness (QED) is 0.860. The zero-order chi connectivity index (χ0) is 15.0. The number of nitrogens with one attached hydrogen (secondary N) is 1. The number of carboxylic acid groups (broad SMARTS) is 1. The zero-order valence-corrected chi connectivity index (χ0v) is 12.1. The number of hydrogen-bond acceptors (Lipinski definition) is 3. The number of fused-ring (bicyclic) bond motifs is 1. The Bertz CT molecular complexity index is 585. The smallest absolute Gasteiger partial charge is 0.335 e. The van der Waals surface area contributed by atoms with Crippen LogP contribution in [0.4, 0.5) is 0 Å². The molecule has 5 heteroatoms. The van der Waals surface area contributed by atoms with Gasteiger partial charge in [0.2, 0.25) is 5.91 Å². The van der Waals surface area contributed by atoms with Gasteiger partial charge in [0, 0.05) is 19.1 Å². The van der Waals surface area contributed by atoms with Crippen LogP contribution in [0, 0.1) is 5.92 Å². The summed E-state index contributed by atoms with van der Waals surface area (Å²) < 4.78 is 0. The van der Waals surface area contributed by atoms with Crippen molar-refractivity contribution in [3.05, 3.63) is 34.9 Å². The van der Waals surface area contributed by atoms with E-state index in [0.29, 0.717) is 25.1 Å². The number of rotatable bonds is 2. The summed E-state index contributed by atoms with van der Waals surface area (Å²) in [4.78, 5) is 25.7. The maximum Gasteiger partial charge on any atom is 0.335 e. The molecule has 0 aromatic heterocycles. The van der Waals surface area contributed by atoms with Gasteiger partial charge in [0.1, 0.15) is 0 Å². The number of nitrogens with zero attached hydrogens (tertiary/aromatic N) is 1. The van der Waals surface area contributed by atoms with Gasteiger partial charge in [-0.1, -0.05) is 12.1 Å². The van der Waals surface area contributed by atoms with Crippen molar-refractivity contribution >= 4 is 11.9 Å². The molecule has 1 amide bonds. The van der Waals surface area contributed by atoms with Gasteiger partial charge in [0.05, 0.1) is 11.5 Å². The van der Waals surface area contributed by atoms with E-state index in [0.717, 1.165) is 24.1 Å². The highest BCUT2D eigenvalue weighted by atomic mass is 16.4. The molecule has 1 fully saturated rings. The lowest BCUT2D eigenvalue weighted by atomic mass is 9.92. The Hall–Kier alpha value is -1.88.